The summed E-state index contributed by atoms with van der Waals surface area (Å²) in [6, 6.07) is 20.2. The van der Waals surface area contributed by atoms with Crippen molar-refractivity contribution in [2.75, 3.05) is 7.11 Å². The Morgan fingerprint density at radius 1 is 1.00 bits per heavy atom. The summed E-state index contributed by atoms with van der Waals surface area (Å²) in [4.78, 5) is 13.4. The van der Waals surface area contributed by atoms with Crippen molar-refractivity contribution in [3.63, 3.8) is 0 Å². The van der Waals surface area contributed by atoms with Gasteiger partial charge in [0.1, 0.15) is 17.3 Å². The van der Waals surface area contributed by atoms with E-state index in [4.69, 9.17) is 21.6 Å². The van der Waals surface area contributed by atoms with Crippen LogP contribution in [-0.2, 0) is 6.54 Å². The van der Waals surface area contributed by atoms with E-state index >= 15 is 0 Å². The molecule has 0 saturated heterocycles. The second-order valence-electron chi connectivity index (χ2n) is 9.44. The van der Waals surface area contributed by atoms with Crippen molar-refractivity contribution < 1.29 is 9.53 Å². The zero-order chi connectivity index (χ0) is 24.5. The summed E-state index contributed by atoms with van der Waals surface area (Å²) < 4.78 is 7.37. The molecule has 180 valence electrons. The Bertz CT molecular complexity index is 1420. The summed E-state index contributed by atoms with van der Waals surface area (Å²) in [6.07, 6.45) is 3.65. The topological polar surface area (TPSA) is 119 Å². The third kappa shape index (κ3) is 4.72. The summed E-state index contributed by atoms with van der Waals surface area (Å²) in [6.45, 7) is 0.519. The fourth-order valence-corrected chi connectivity index (χ4v) is 4.98. The van der Waals surface area contributed by atoms with Crippen LogP contribution in [0.15, 0.2) is 60.7 Å². The Morgan fingerprint density at radius 3 is 2.46 bits per heavy atom. The molecule has 0 atom stereocenters. The molecular weight excluding hydrogens is 438 g/mol. The van der Waals surface area contributed by atoms with Crippen molar-refractivity contribution in [3.05, 3.63) is 77.5 Å². The lowest BCUT2D eigenvalue weighted by atomic mass is 9.92. The van der Waals surface area contributed by atoms with E-state index in [9.17, 15) is 4.79 Å². The summed E-state index contributed by atoms with van der Waals surface area (Å²) in [5, 5.41) is 14.2. The molecule has 1 saturated carbocycles. The maximum atomic E-state index is 13.4. The number of nitrogens with one attached hydrogen (secondary N) is 2. The van der Waals surface area contributed by atoms with Gasteiger partial charge in [-0.05, 0) is 72.4 Å². The van der Waals surface area contributed by atoms with E-state index in [1.54, 1.807) is 7.11 Å². The maximum Gasteiger partial charge on any atom is 0.268 e. The Labute approximate surface area is 204 Å². The minimum Gasteiger partial charge on any atom is -0.497 e. The molecule has 1 aromatic heterocycles. The standard InChI is InChI=1S/C28H31N5O2/c1-35-24-11-6-18-12-17(2-3-19(18)13-24)16-33-25-15-21(27(30)31)5-4-20(25)14-26(33)28(34)32-23-9-7-22(29)8-10-23/h2-6,11-15,22-23H,7-10,16,29H2,1H3,(H3,30,31)(H,32,34). The molecule has 35 heavy (non-hydrogen) atoms. The minimum atomic E-state index is -0.0865. The van der Waals surface area contributed by atoms with Gasteiger partial charge in [-0.25, -0.2) is 0 Å². The van der Waals surface area contributed by atoms with Gasteiger partial charge in [-0.1, -0.05) is 30.3 Å². The van der Waals surface area contributed by atoms with Gasteiger partial charge in [-0.3, -0.25) is 10.2 Å². The van der Waals surface area contributed by atoms with Crippen molar-refractivity contribution >= 4 is 33.4 Å². The zero-order valence-corrected chi connectivity index (χ0v) is 19.9. The molecule has 1 amide bonds. The zero-order valence-electron chi connectivity index (χ0n) is 19.9. The van der Waals surface area contributed by atoms with Gasteiger partial charge in [0.2, 0.25) is 0 Å². The van der Waals surface area contributed by atoms with Gasteiger partial charge in [0.25, 0.3) is 5.91 Å². The van der Waals surface area contributed by atoms with E-state index in [1.165, 1.54) is 0 Å². The lowest BCUT2D eigenvalue weighted by Gasteiger charge is -2.27. The first-order valence-corrected chi connectivity index (χ1v) is 12.0. The van der Waals surface area contributed by atoms with Crippen LogP contribution in [0.5, 0.6) is 5.75 Å². The van der Waals surface area contributed by atoms with E-state index in [0.29, 0.717) is 17.8 Å². The number of amides is 1. The third-order valence-electron chi connectivity index (χ3n) is 7.01. The van der Waals surface area contributed by atoms with E-state index < -0.39 is 0 Å². The van der Waals surface area contributed by atoms with Crippen LogP contribution in [0.25, 0.3) is 21.7 Å². The molecule has 1 aliphatic carbocycles. The van der Waals surface area contributed by atoms with Crippen LogP contribution in [0.2, 0.25) is 0 Å². The first-order chi connectivity index (χ1) is 16.9. The fraction of sp³-hybridized carbons (Fsp3) is 0.286. The molecule has 7 heteroatoms. The van der Waals surface area contributed by atoms with Crippen molar-refractivity contribution in [3.8, 4) is 5.75 Å². The Morgan fingerprint density at radius 2 is 1.71 bits per heavy atom. The number of fused-ring (bicyclic) bond motifs is 2. The fourth-order valence-electron chi connectivity index (χ4n) is 4.98. The Hall–Kier alpha value is -3.84. The summed E-state index contributed by atoms with van der Waals surface area (Å²) in [5.41, 5.74) is 15.0. The van der Waals surface area contributed by atoms with Gasteiger partial charge in [0, 0.05) is 35.1 Å². The van der Waals surface area contributed by atoms with E-state index in [1.807, 2.05) is 47.0 Å². The van der Waals surface area contributed by atoms with Crippen molar-refractivity contribution in [2.45, 2.75) is 44.3 Å². The van der Waals surface area contributed by atoms with Crippen LogP contribution >= 0.6 is 0 Å². The molecule has 7 nitrogen and oxygen atoms in total. The SMILES string of the molecule is COc1ccc2cc(Cn3c(C(=O)NC4CCC(N)CC4)cc4ccc(C(=N)N)cc43)ccc2c1. The molecule has 0 radical (unpaired) electrons. The number of hydrogen-bond donors (Lipinski definition) is 4. The molecule has 6 N–H and O–H groups in total. The minimum absolute atomic E-state index is 0.00356. The molecule has 5 rings (SSSR count). The van der Waals surface area contributed by atoms with Crippen LogP contribution in [0.4, 0.5) is 0 Å². The highest BCUT2D eigenvalue weighted by molar-refractivity contribution is 6.02. The normalized spacial score (nSPS) is 18.0. The molecule has 1 heterocycles. The molecular formula is C28H31N5O2. The second-order valence-corrected chi connectivity index (χ2v) is 9.44. The third-order valence-corrected chi connectivity index (χ3v) is 7.01. The predicted molar refractivity (Wildman–Crippen MR) is 140 cm³/mol. The highest BCUT2D eigenvalue weighted by atomic mass is 16.5. The number of methoxy groups -OCH3 is 1. The molecule has 3 aromatic carbocycles. The number of hydrogen-bond acceptors (Lipinski definition) is 4. The number of amidine groups is 1. The van der Waals surface area contributed by atoms with Crippen LogP contribution in [0.1, 0.15) is 47.3 Å². The second kappa shape index (κ2) is 9.43. The molecule has 0 bridgehead atoms. The van der Waals surface area contributed by atoms with Gasteiger partial charge < -0.3 is 26.1 Å². The number of nitrogen functional groups attached to an aromatic ring is 1. The smallest absolute Gasteiger partial charge is 0.268 e. The average Bonchev–Trinajstić information content (AvgIpc) is 3.22. The number of ether oxygens (including phenoxy) is 1. The summed E-state index contributed by atoms with van der Waals surface area (Å²) >= 11 is 0. The predicted octanol–water partition coefficient (Wildman–Crippen LogP) is 4.14. The summed E-state index contributed by atoms with van der Waals surface area (Å²) in [5.74, 6) is 0.737. The maximum absolute atomic E-state index is 13.4. The highest BCUT2D eigenvalue weighted by Crippen LogP contribution is 2.26. The number of nitrogens with zero attached hydrogens (tertiary/aromatic N) is 1. The van der Waals surface area contributed by atoms with Gasteiger partial charge >= 0.3 is 0 Å². The lowest BCUT2D eigenvalue weighted by Crippen LogP contribution is -2.41. The molecule has 4 aromatic rings. The highest BCUT2D eigenvalue weighted by Gasteiger charge is 2.23. The molecule has 0 unspecified atom stereocenters. The number of carbonyl (C=O) groups is 1. The van der Waals surface area contributed by atoms with Crippen molar-refractivity contribution in [2.24, 2.45) is 11.5 Å². The molecule has 1 aliphatic rings. The number of carbonyl (C=O) groups excluding carboxylic acids is 1. The van der Waals surface area contributed by atoms with Crippen LogP contribution in [0, 0.1) is 5.41 Å². The van der Waals surface area contributed by atoms with Crippen molar-refractivity contribution in [1.29, 1.82) is 5.41 Å². The Balaban J connectivity index is 1.52. The monoisotopic (exact) mass is 469 g/mol. The quantitative estimate of drug-likeness (QED) is 0.251. The van der Waals surface area contributed by atoms with Crippen molar-refractivity contribution in [1.82, 2.24) is 9.88 Å². The number of nitrogens with two attached hydrogens (primary N) is 2. The average molecular weight is 470 g/mol. The number of aromatic nitrogens is 1. The first-order valence-electron chi connectivity index (χ1n) is 12.0. The Kier molecular flexibility index (Phi) is 6.17. The lowest BCUT2D eigenvalue weighted by molar-refractivity contribution is 0.0917. The van der Waals surface area contributed by atoms with Gasteiger partial charge in [0.05, 0.1) is 7.11 Å². The van der Waals surface area contributed by atoms with E-state index in [-0.39, 0.29) is 23.8 Å². The molecule has 0 spiro atoms. The van der Waals surface area contributed by atoms with Crippen LogP contribution < -0.4 is 21.5 Å². The van der Waals surface area contributed by atoms with Gasteiger partial charge in [-0.15, -0.1) is 0 Å². The van der Waals surface area contributed by atoms with Crippen LogP contribution in [0.3, 0.4) is 0 Å². The van der Waals surface area contributed by atoms with Gasteiger partial charge in [-0.2, -0.15) is 0 Å². The molecule has 1 fully saturated rings. The number of rotatable bonds is 6. The van der Waals surface area contributed by atoms with E-state index in [2.05, 4.69) is 23.5 Å². The first kappa shape index (κ1) is 22.9. The number of benzene rings is 3. The molecule has 0 aliphatic heterocycles. The summed E-state index contributed by atoms with van der Waals surface area (Å²) in [7, 11) is 1.66. The van der Waals surface area contributed by atoms with Crippen LogP contribution in [-0.4, -0.2) is 35.5 Å². The largest absolute Gasteiger partial charge is 0.497 e. The van der Waals surface area contributed by atoms with E-state index in [0.717, 1.165) is 58.7 Å². The van der Waals surface area contributed by atoms with Gasteiger partial charge in [0.15, 0.2) is 0 Å².